The number of methoxy groups -OCH3 is 1. The summed E-state index contributed by atoms with van der Waals surface area (Å²) in [6.45, 7) is 8.85. The molecule has 53 heavy (non-hydrogen) atoms. The molecule has 274 valence electrons. The van der Waals surface area contributed by atoms with E-state index >= 15 is 0 Å². The van der Waals surface area contributed by atoms with E-state index in [2.05, 4.69) is 25.5 Å². The molecule has 2 aromatic carbocycles. The normalized spacial score (nSPS) is 12.0. The van der Waals surface area contributed by atoms with E-state index in [1.165, 1.54) is 7.11 Å². The van der Waals surface area contributed by atoms with Crippen molar-refractivity contribution in [3.8, 4) is 5.75 Å². The van der Waals surface area contributed by atoms with E-state index in [-0.39, 0.29) is 30.2 Å². The van der Waals surface area contributed by atoms with E-state index in [0.717, 1.165) is 0 Å². The number of nitrogens with two attached hydrogens (primary N) is 2. The van der Waals surface area contributed by atoms with Crippen LogP contribution in [0.25, 0.3) is 22.1 Å². The second-order valence-electron chi connectivity index (χ2n) is 12.3. The maximum atomic E-state index is 13.6. The third kappa shape index (κ3) is 6.83. The van der Waals surface area contributed by atoms with Crippen molar-refractivity contribution in [3.63, 3.8) is 0 Å². The summed E-state index contributed by atoms with van der Waals surface area (Å²) >= 11 is 0. The topological polar surface area (TPSA) is 217 Å². The molecule has 6 aromatic rings. The third-order valence-corrected chi connectivity index (χ3v) is 8.79. The van der Waals surface area contributed by atoms with Crippen molar-refractivity contribution in [2.75, 3.05) is 12.4 Å². The van der Waals surface area contributed by atoms with Crippen LogP contribution in [0.4, 0.5) is 5.95 Å². The third-order valence-electron chi connectivity index (χ3n) is 8.79. The summed E-state index contributed by atoms with van der Waals surface area (Å²) in [6.07, 6.45) is 3.74. The molecule has 0 saturated heterocycles. The fraction of sp³-hybridized carbons (Fsp3) is 0.278. The van der Waals surface area contributed by atoms with Crippen molar-refractivity contribution >= 4 is 51.6 Å². The molecule has 0 spiro atoms. The summed E-state index contributed by atoms with van der Waals surface area (Å²) < 4.78 is 14.2. The summed E-state index contributed by atoms with van der Waals surface area (Å²) in [5.74, 6) is -1.52. The van der Waals surface area contributed by atoms with Gasteiger partial charge in [0.2, 0.25) is 23.4 Å². The number of carbonyl (C=O) groups is 4. The average molecular weight is 721 g/mol. The highest BCUT2D eigenvalue weighted by Gasteiger charge is 2.21. The lowest BCUT2D eigenvalue weighted by atomic mass is 10.1. The molecular weight excluding hydrogens is 680 g/mol. The molecule has 4 heterocycles. The van der Waals surface area contributed by atoms with Crippen LogP contribution in [0.5, 0.6) is 5.75 Å². The Bertz CT molecular complexity index is 2540. The van der Waals surface area contributed by atoms with Gasteiger partial charge in [0.05, 0.1) is 35.0 Å². The summed E-state index contributed by atoms with van der Waals surface area (Å²) in [6, 6.07) is 11.5. The zero-order chi connectivity index (χ0) is 38.1. The van der Waals surface area contributed by atoms with Crippen LogP contribution < -0.4 is 27.1 Å². The molecule has 4 aromatic heterocycles. The number of amides is 4. The molecule has 0 aliphatic heterocycles. The monoisotopic (exact) mass is 720 g/mol. The van der Waals surface area contributed by atoms with Crippen LogP contribution >= 0.6 is 0 Å². The van der Waals surface area contributed by atoms with Crippen molar-refractivity contribution in [3.05, 3.63) is 94.1 Å². The highest BCUT2D eigenvalue weighted by Crippen LogP contribution is 2.27. The number of anilines is 1. The summed E-state index contributed by atoms with van der Waals surface area (Å²) in [4.78, 5) is 60.4. The van der Waals surface area contributed by atoms with Gasteiger partial charge in [-0.25, -0.2) is 4.98 Å². The first-order chi connectivity index (χ1) is 25.3. The lowest BCUT2D eigenvalue weighted by Crippen LogP contribution is -2.26. The van der Waals surface area contributed by atoms with Gasteiger partial charge in [-0.1, -0.05) is 12.2 Å². The molecule has 0 fully saturated rings. The molecule has 0 unspecified atom stereocenters. The minimum atomic E-state index is -0.637. The standard InChI is InChI=1S/C36H40N12O5/c1-7-47-27(15-20(3)42-47)33(51)40-35-39-24-17-22(31(37)49)11-12-25(24)45(35)13-9-10-14-46-30-26(18-23(32(38)50)19-29(30)53-6)44(5)36(46)41-34(52)28-16-21(4)43-48(28)8-2/h9-12,15-19H,7-8,13-14H2,1-6H3,(H2,37,49)(H2,38,50)(H,39,40,51)/b10-9+,41-36+. The lowest BCUT2D eigenvalue weighted by Gasteiger charge is -2.10. The van der Waals surface area contributed by atoms with Crippen molar-refractivity contribution < 1.29 is 23.9 Å². The quantitative estimate of drug-likeness (QED) is 0.159. The number of imidazole rings is 2. The van der Waals surface area contributed by atoms with E-state index in [4.69, 9.17) is 16.2 Å². The van der Waals surface area contributed by atoms with Gasteiger partial charge in [-0.15, -0.1) is 0 Å². The first-order valence-corrected chi connectivity index (χ1v) is 16.9. The van der Waals surface area contributed by atoms with E-state index in [9.17, 15) is 19.2 Å². The number of aromatic nitrogens is 8. The molecule has 4 amide bonds. The molecule has 0 bridgehead atoms. The number of nitrogens with zero attached hydrogens (tertiary/aromatic N) is 9. The predicted molar refractivity (Wildman–Crippen MR) is 196 cm³/mol. The van der Waals surface area contributed by atoms with E-state index in [1.54, 1.807) is 79.5 Å². The van der Waals surface area contributed by atoms with Crippen LogP contribution in [0.3, 0.4) is 0 Å². The van der Waals surface area contributed by atoms with Crippen molar-refractivity contribution in [2.24, 2.45) is 23.5 Å². The minimum absolute atomic E-state index is 0.219. The minimum Gasteiger partial charge on any atom is -0.494 e. The highest BCUT2D eigenvalue weighted by molar-refractivity contribution is 6.03. The van der Waals surface area contributed by atoms with Gasteiger partial charge in [0.1, 0.15) is 22.7 Å². The Labute approximate surface area is 303 Å². The molecule has 6 rings (SSSR count). The smallest absolute Gasteiger partial charge is 0.298 e. The van der Waals surface area contributed by atoms with Gasteiger partial charge in [0, 0.05) is 44.4 Å². The predicted octanol–water partition coefficient (Wildman–Crippen LogP) is 2.84. The van der Waals surface area contributed by atoms with E-state index in [1.807, 2.05) is 32.9 Å². The second kappa shape index (κ2) is 14.5. The lowest BCUT2D eigenvalue weighted by molar-refractivity contribution is 0.0980. The molecule has 17 heteroatoms. The number of primary amides is 2. The van der Waals surface area contributed by atoms with Crippen LogP contribution in [-0.4, -0.2) is 69.0 Å². The number of nitrogens with one attached hydrogen (secondary N) is 1. The zero-order valence-electron chi connectivity index (χ0n) is 30.2. The second-order valence-corrected chi connectivity index (χ2v) is 12.3. The Morgan fingerprint density at radius 2 is 1.45 bits per heavy atom. The number of carbonyl (C=O) groups excluding carboxylic acids is 4. The van der Waals surface area contributed by atoms with E-state index in [0.29, 0.717) is 69.3 Å². The van der Waals surface area contributed by atoms with Gasteiger partial charge in [0.15, 0.2) is 0 Å². The van der Waals surface area contributed by atoms with Gasteiger partial charge in [-0.3, -0.25) is 33.9 Å². The molecule has 17 nitrogen and oxygen atoms in total. The Morgan fingerprint density at radius 3 is 2.08 bits per heavy atom. The van der Waals surface area contributed by atoms with Crippen molar-refractivity contribution in [2.45, 2.75) is 53.9 Å². The maximum absolute atomic E-state index is 13.6. The van der Waals surface area contributed by atoms with Crippen molar-refractivity contribution in [1.29, 1.82) is 0 Å². The number of aryl methyl sites for hydroxylation is 5. The van der Waals surface area contributed by atoms with Gasteiger partial charge in [0.25, 0.3) is 11.8 Å². The van der Waals surface area contributed by atoms with Gasteiger partial charge in [-0.05, 0) is 70.2 Å². The fourth-order valence-electron chi connectivity index (χ4n) is 6.28. The number of allylic oxidation sites excluding steroid dienone is 2. The molecule has 0 radical (unpaired) electrons. The largest absolute Gasteiger partial charge is 0.494 e. The number of rotatable bonds is 12. The summed E-state index contributed by atoms with van der Waals surface area (Å²) in [7, 11) is 3.22. The van der Waals surface area contributed by atoms with Crippen LogP contribution in [0.1, 0.15) is 66.9 Å². The highest BCUT2D eigenvalue weighted by atomic mass is 16.5. The number of ether oxygens (including phenoxy) is 1. The zero-order valence-corrected chi connectivity index (χ0v) is 30.2. The van der Waals surface area contributed by atoms with Crippen LogP contribution in [-0.2, 0) is 33.2 Å². The fourth-order valence-corrected chi connectivity index (χ4v) is 6.28. The average Bonchev–Trinajstić information content (AvgIpc) is 3.88. The molecule has 0 saturated carbocycles. The number of fused-ring (bicyclic) bond motifs is 2. The Kier molecular flexibility index (Phi) is 9.82. The Morgan fingerprint density at radius 1 is 0.830 bits per heavy atom. The number of hydrogen-bond donors (Lipinski definition) is 3. The van der Waals surface area contributed by atoms with Crippen LogP contribution in [0.15, 0.2) is 59.6 Å². The summed E-state index contributed by atoms with van der Waals surface area (Å²) in [5.41, 5.74) is 16.3. The first kappa shape index (κ1) is 36.0. The molecule has 5 N–H and O–H groups in total. The van der Waals surface area contributed by atoms with Crippen molar-refractivity contribution in [1.82, 2.24) is 38.2 Å². The Hall–Kier alpha value is -6.78. The molecule has 0 aliphatic rings. The molecule has 0 atom stereocenters. The number of benzene rings is 2. The van der Waals surface area contributed by atoms with Gasteiger partial charge >= 0.3 is 0 Å². The van der Waals surface area contributed by atoms with Gasteiger partial charge < -0.3 is 29.9 Å². The maximum Gasteiger partial charge on any atom is 0.298 e. The Balaban J connectivity index is 1.42. The van der Waals surface area contributed by atoms with Gasteiger partial charge in [-0.2, -0.15) is 15.2 Å². The number of hydrogen-bond acceptors (Lipinski definition) is 8. The van der Waals surface area contributed by atoms with Crippen LogP contribution in [0, 0.1) is 13.8 Å². The van der Waals surface area contributed by atoms with E-state index < -0.39 is 23.6 Å². The summed E-state index contributed by atoms with van der Waals surface area (Å²) in [5, 5.41) is 11.7. The van der Waals surface area contributed by atoms with Crippen LogP contribution in [0.2, 0.25) is 0 Å². The SMILES string of the molecule is CCn1nc(C)cc1C(=O)/N=c1\n(C)c2cc(C(N)=O)cc(OC)c2n1C/C=C/Cn1c(NC(=O)c2cc(C)nn2CC)nc2cc(C(N)=O)ccc21. The first-order valence-electron chi connectivity index (χ1n) is 16.9. The molecular formula is C36H40N12O5. The molecule has 0 aliphatic carbocycles.